The number of H-pyrrole nitrogens is 1. The first-order chi connectivity index (χ1) is 30.8. The largest absolute Gasteiger partial charge is 0.358 e. The number of rotatable bonds is 14. The molecule has 1 nitrogen and oxygen atoms in total. The fraction of sp³-hybridized carbons (Fsp3) is 0.365. The number of aromatic amines is 1. The summed E-state index contributed by atoms with van der Waals surface area (Å²) >= 11 is 0. The summed E-state index contributed by atoms with van der Waals surface area (Å²) in [4.78, 5) is 3.97. The number of allylic oxidation sites excluding steroid dienone is 13. The lowest BCUT2D eigenvalue weighted by Gasteiger charge is -2.24. The van der Waals surface area contributed by atoms with Crippen molar-refractivity contribution in [3.05, 3.63) is 195 Å². The van der Waals surface area contributed by atoms with Crippen LogP contribution in [-0.4, -0.2) is 4.98 Å². The van der Waals surface area contributed by atoms with Gasteiger partial charge in [-0.2, -0.15) is 0 Å². The Labute approximate surface area is 387 Å². The van der Waals surface area contributed by atoms with Crippen molar-refractivity contribution in [2.75, 3.05) is 0 Å². The van der Waals surface area contributed by atoms with Crippen LogP contribution < -0.4 is 10.6 Å². The van der Waals surface area contributed by atoms with Crippen LogP contribution in [0.3, 0.4) is 0 Å². The van der Waals surface area contributed by atoms with E-state index in [0.717, 1.165) is 57.8 Å². The molecule has 1 aromatic heterocycles. The lowest BCUT2D eigenvalue weighted by Crippen LogP contribution is -2.26. The Bertz CT molecular complexity index is 2840. The van der Waals surface area contributed by atoms with Crippen molar-refractivity contribution in [2.24, 2.45) is 0 Å². The van der Waals surface area contributed by atoms with Gasteiger partial charge in [-0.3, -0.25) is 0 Å². The molecule has 3 aromatic carbocycles. The highest BCUT2D eigenvalue weighted by Crippen LogP contribution is 2.43. The molecule has 1 N–H and O–H groups in total. The van der Waals surface area contributed by atoms with Gasteiger partial charge in [0.25, 0.3) is 0 Å². The van der Waals surface area contributed by atoms with Crippen molar-refractivity contribution in [3.8, 4) is 12.3 Å². The van der Waals surface area contributed by atoms with Crippen molar-refractivity contribution in [3.63, 3.8) is 0 Å². The number of terminal acetylenes is 1. The lowest BCUT2D eigenvalue weighted by molar-refractivity contribution is 0.665. The van der Waals surface area contributed by atoms with Crippen molar-refractivity contribution in [2.45, 2.75) is 152 Å². The van der Waals surface area contributed by atoms with Crippen LogP contribution in [0.15, 0.2) is 112 Å². The highest BCUT2D eigenvalue weighted by Gasteiger charge is 2.28. The van der Waals surface area contributed by atoms with E-state index in [9.17, 15) is 0 Å². The topological polar surface area (TPSA) is 15.8 Å². The summed E-state index contributed by atoms with van der Waals surface area (Å²) in [6.45, 7) is 25.1. The number of aryl methyl sites for hydroxylation is 4. The molecule has 1 heteroatoms. The van der Waals surface area contributed by atoms with Crippen LogP contribution in [0.4, 0.5) is 0 Å². The molecule has 330 valence electrons. The van der Waals surface area contributed by atoms with Crippen molar-refractivity contribution in [1.82, 2.24) is 4.98 Å². The minimum Gasteiger partial charge on any atom is -0.358 e. The van der Waals surface area contributed by atoms with Gasteiger partial charge in [0.2, 0.25) is 0 Å². The zero-order valence-electron chi connectivity index (χ0n) is 41.0. The predicted octanol–water partition coefficient (Wildman–Crippen LogP) is 15.3. The molecular weight excluding hydrogens is 771 g/mol. The van der Waals surface area contributed by atoms with E-state index in [-0.39, 0.29) is 0 Å². The summed E-state index contributed by atoms with van der Waals surface area (Å²) in [5.41, 5.74) is 28.2. The second kappa shape index (κ2) is 20.5. The summed E-state index contributed by atoms with van der Waals surface area (Å²) < 4.78 is 0. The van der Waals surface area contributed by atoms with Crippen molar-refractivity contribution >= 4 is 23.8 Å². The van der Waals surface area contributed by atoms with E-state index < -0.39 is 0 Å². The first-order valence-electron chi connectivity index (χ1n) is 24.3. The molecule has 4 aromatic rings. The summed E-state index contributed by atoms with van der Waals surface area (Å²) in [6.07, 6.45) is 37.3. The molecule has 1 heterocycles. The number of nitrogens with one attached hydrogen (secondary N) is 1. The SMILES string of the molecule is C#CC/C=C(C)\C(=C/CC)Cc1cc(C)cc2c1CC(=C/C)/C2=C\CC1CC(/C(=C/C=C(/C)C(C)c2cc(C)cc(Cc3cc(C)ccc3C)c2C)CC)=Cc2c1[nH]c1c2=CCCC=1. The van der Waals surface area contributed by atoms with Gasteiger partial charge in [-0.1, -0.05) is 140 Å². The van der Waals surface area contributed by atoms with Crippen LogP contribution in [-0.2, 0) is 19.3 Å². The highest BCUT2D eigenvalue weighted by atomic mass is 14.7. The monoisotopic (exact) mass is 844 g/mol. The Morgan fingerprint density at radius 1 is 0.891 bits per heavy atom. The zero-order valence-corrected chi connectivity index (χ0v) is 41.0. The Morgan fingerprint density at radius 2 is 1.64 bits per heavy atom. The number of hydrogen-bond acceptors (Lipinski definition) is 0. The second-order valence-electron chi connectivity index (χ2n) is 19.2. The number of fused-ring (bicyclic) bond motifs is 4. The maximum atomic E-state index is 5.65. The molecule has 0 saturated heterocycles. The number of hydrogen-bond donors (Lipinski definition) is 1. The Morgan fingerprint density at radius 3 is 2.39 bits per heavy atom. The minimum absolute atomic E-state index is 0.321. The summed E-state index contributed by atoms with van der Waals surface area (Å²) in [6, 6.07) is 16.6. The highest BCUT2D eigenvalue weighted by molar-refractivity contribution is 5.87. The first-order valence-corrected chi connectivity index (χ1v) is 24.3. The fourth-order valence-electron chi connectivity index (χ4n) is 10.7. The molecule has 64 heavy (non-hydrogen) atoms. The van der Waals surface area contributed by atoms with Gasteiger partial charge in [0.15, 0.2) is 0 Å². The molecule has 0 amide bonds. The molecule has 0 bridgehead atoms. The van der Waals surface area contributed by atoms with E-state index in [1.54, 1.807) is 0 Å². The van der Waals surface area contributed by atoms with Crippen LogP contribution in [0, 0.1) is 47.0 Å². The normalized spacial score (nSPS) is 18.3. The molecule has 0 aliphatic heterocycles. The molecule has 7 rings (SSSR count). The lowest BCUT2D eigenvalue weighted by atomic mass is 9.80. The summed E-state index contributed by atoms with van der Waals surface area (Å²) in [5, 5.41) is 2.72. The van der Waals surface area contributed by atoms with E-state index in [1.807, 2.05) is 0 Å². The summed E-state index contributed by atoms with van der Waals surface area (Å²) in [7, 11) is 0. The van der Waals surface area contributed by atoms with E-state index in [1.165, 1.54) is 122 Å². The number of aromatic nitrogens is 1. The Balaban J connectivity index is 1.20. The third-order valence-electron chi connectivity index (χ3n) is 14.6. The molecule has 0 fully saturated rings. The summed E-state index contributed by atoms with van der Waals surface area (Å²) in [5.74, 6) is 3.49. The smallest absolute Gasteiger partial charge is 0.0418 e. The quantitative estimate of drug-likeness (QED) is 0.0961. The van der Waals surface area contributed by atoms with Gasteiger partial charge >= 0.3 is 0 Å². The average molecular weight is 844 g/mol. The number of benzene rings is 3. The van der Waals surface area contributed by atoms with Gasteiger partial charge in [-0.05, 0) is 192 Å². The van der Waals surface area contributed by atoms with Crippen LogP contribution >= 0.6 is 0 Å². The van der Waals surface area contributed by atoms with Crippen LogP contribution in [0.25, 0.3) is 23.8 Å². The minimum atomic E-state index is 0.321. The standard InChI is InChI=1S/C63H73N/c1-13-17-21-44(9)50(20-14-2)35-55-32-42(7)34-60-56(49(16-4)38-59(55)60)29-28-51-36-54(39-61-57-22-18-19-23-62(57)64-63(51)61)48(15-3)27-26-43(8)46(11)58-33-41(6)31-53(47(58)12)37-52-30-40(5)24-25-45(52)10/h1,16,20-27,29-34,39,46,51,64H,14-15,17-19,28,35-38H2,2-12H3/b43-26-,44-21-,48-27+,49-16-,50-20-,56-29+. The fourth-order valence-corrected chi connectivity index (χ4v) is 10.7. The van der Waals surface area contributed by atoms with Crippen LogP contribution in [0.1, 0.15) is 171 Å². The van der Waals surface area contributed by atoms with Crippen molar-refractivity contribution in [1.29, 1.82) is 0 Å². The molecule has 3 aliphatic carbocycles. The van der Waals surface area contributed by atoms with Gasteiger partial charge in [-0.15, -0.1) is 12.3 Å². The van der Waals surface area contributed by atoms with Gasteiger partial charge in [0.1, 0.15) is 0 Å². The van der Waals surface area contributed by atoms with E-state index in [4.69, 9.17) is 6.42 Å². The Hall–Kier alpha value is -5.58. The van der Waals surface area contributed by atoms with Crippen LogP contribution in [0.2, 0.25) is 0 Å². The first kappa shape index (κ1) is 46.4. The molecule has 3 aliphatic rings. The van der Waals surface area contributed by atoms with E-state index in [2.05, 4.69) is 184 Å². The van der Waals surface area contributed by atoms with E-state index in [0.29, 0.717) is 18.3 Å². The second-order valence-corrected chi connectivity index (χ2v) is 19.2. The zero-order chi connectivity index (χ0) is 45.7. The molecule has 0 radical (unpaired) electrons. The third kappa shape index (κ3) is 10.0. The van der Waals surface area contributed by atoms with E-state index >= 15 is 0 Å². The van der Waals surface area contributed by atoms with Gasteiger partial charge < -0.3 is 4.98 Å². The maximum Gasteiger partial charge on any atom is 0.0418 e. The molecule has 2 unspecified atom stereocenters. The Kier molecular flexibility index (Phi) is 14.9. The van der Waals surface area contributed by atoms with Gasteiger partial charge in [0, 0.05) is 40.1 Å². The maximum absolute atomic E-state index is 5.65. The third-order valence-corrected chi connectivity index (χ3v) is 14.6. The van der Waals surface area contributed by atoms with Crippen LogP contribution in [0.5, 0.6) is 0 Å². The predicted molar refractivity (Wildman–Crippen MR) is 279 cm³/mol. The van der Waals surface area contributed by atoms with Crippen molar-refractivity contribution < 1.29 is 0 Å². The molecule has 0 spiro atoms. The van der Waals surface area contributed by atoms with Gasteiger partial charge in [-0.25, -0.2) is 0 Å². The van der Waals surface area contributed by atoms with Gasteiger partial charge in [0.05, 0.1) is 0 Å². The average Bonchev–Trinajstić information content (AvgIpc) is 3.84. The molecular formula is C63H73N. The molecule has 0 saturated carbocycles. The molecule has 2 atom stereocenters.